The van der Waals surface area contributed by atoms with Crippen molar-refractivity contribution in [1.29, 1.82) is 0 Å². The minimum Gasteiger partial charge on any atom is -0.351 e. The van der Waals surface area contributed by atoms with Gasteiger partial charge in [-0.25, -0.2) is 4.90 Å². The molecule has 2 aromatic carbocycles. The van der Waals surface area contributed by atoms with Gasteiger partial charge < -0.3 is 5.32 Å². The Hall–Kier alpha value is -2.40. The number of carbonyl (C=O) groups is 2. The summed E-state index contributed by atoms with van der Waals surface area (Å²) in [6.45, 7) is 0. The van der Waals surface area contributed by atoms with E-state index in [9.17, 15) is 9.59 Å². The molecule has 104 valence electrons. The standard InChI is InChI=1S/C16H11BrN2O2/c17-11-6-8-13(9-7-11)19-15(20)10-14(16(19)21)18-12-4-2-1-3-5-12/h1-10,18H. The van der Waals surface area contributed by atoms with Crippen LogP contribution in [0.3, 0.4) is 0 Å². The van der Waals surface area contributed by atoms with Gasteiger partial charge in [-0.05, 0) is 36.4 Å². The number of carbonyl (C=O) groups excluding carboxylic acids is 2. The van der Waals surface area contributed by atoms with Crippen LogP contribution in [0.5, 0.6) is 0 Å². The number of hydrogen-bond acceptors (Lipinski definition) is 3. The third-order valence-corrected chi connectivity index (χ3v) is 3.59. The average molecular weight is 343 g/mol. The third-order valence-electron chi connectivity index (χ3n) is 3.06. The molecule has 1 heterocycles. The highest BCUT2D eigenvalue weighted by molar-refractivity contribution is 9.10. The highest BCUT2D eigenvalue weighted by Crippen LogP contribution is 2.25. The van der Waals surface area contributed by atoms with E-state index in [-0.39, 0.29) is 17.5 Å². The lowest BCUT2D eigenvalue weighted by Crippen LogP contribution is -2.31. The largest absolute Gasteiger partial charge is 0.351 e. The van der Waals surface area contributed by atoms with Gasteiger partial charge in [0.05, 0.1) is 5.69 Å². The highest BCUT2D eigenvalue weighted by Gasteiger charge is 2.32. The molecule has 0 aliphatic carbocycles. The first kappa shape index (κ1) is 13.6. The van der Waals surface area contributed by atoms with Gasteiger partial charge in [0.15, 0.2) is 0 Å². The van der Waals surface area contributed by atoms with Gasteiger partial charge >= 0.3 is 0 Å². The Kier molecular flexibility index (Phi) is 3.58. The summed E-state index contributed by atoms with van der Waals surface area (Å²) in [6, 6.07) is 16.3. The van der Waals surface area contributed by atoms with E-state index < -0.39 is 0 Å². The Balaban J connectivity index is 1.84. The van der Waals surface area contributed by atoms with Crippen LogP contribution in [-0.2, 0) is 9.59 Å². The Morgan fingerprint density at radius 2 is 1.57 bits per heavy atom. The predicted octanol–water partition coefficient (Wildman–Crippen LogP) is 3.32. The fourth-order valence-corrected chi connectivity index (χ4v) is 2.34. The maximum Gasteiger partial charge on any atom is 0.281 e. The molecule has 3 rings (SSSR count). The number of benzene rings is 2. The van der Waals surface area contributed by atoms with Gasteiger partial charge in [0.2, 0.25) is 0 Å². The number of imide groups is 1. The second kappa shape index (κ2) is 5.54. The van der Waals surface area contributed by atoms with Crippen LogP contribution in [0.15, 0.2) is 70.8 Å². The molecule has 1 N–H and O–H groups in total. The number of rotatable bonds is 3. The second-order valence-corrected chi connectivity index (χ2v) is 5.42. The molecule has 2 amide bonds. The number of nitrogens with one attached hydrogen (secondary N) is 1. The van der Waals surface area contributed by atoms with Crippen LogP contribution < -0.4 is 10.2 Å². The van der Waals surface area contributed by atoms with Crippen molar-refractivity contribution in [1.82, 2.24) is 0 Å². The van der Waals surface area contributed by atoms with Gasteiger partial charge in [-0.2, -0.15) is 0 Å². The maximum absolute atomic E-state index is 12.4. The summed E-state index contributed by atoms with van der Waals surface area (Å²) < 4.78 is 0.890. The highest BCUT2D eigenvalue weighted by atomic mass is 79.9. The van der Waals surface area contributed by atoms with E-state index in [4.69, 9.17) is 0 Å². The molecule has 0 saturated heterocycles. The molecule has 0 radical (unpaired) electrons. The number of hydrogen-bond donors (Lipinski definition) is 1. The Morgan fingerprint density at radius 1 is 0.905 bits per heavy atom. The van der Waals surface area contributed by atoms with Crippen LogP contribution in [0.4, 0.5) is 11.4 Å². The first-order valence-corrected chi connectivity index (χ1v) is 7.12. The summed E-state index contributed by atoms with van der Waals surface area (Å²) in [4.78, 5) is 25.6. The van der Waals surface area contributed by atoms with Crippen LogP contribution in [0, 0.1) is 0 Å². The molecule has 0 fully saturated rings. The van der Waals surface area contributed by atoms with Crippen molar-refractivity contribution in [3.05, 3.63) is 70.8 Å². The third kappa shape index (κ3) is 2.73. The Morgan fingerprint density at radius 3 is 2.24 bits per heavy atom. The summed E-state index contributed by atoms with van der Waals surface area (Å²) >= 11 is 3.33. The zero-order valence-electron chi connectivity index (χ0n) is 10.9. The fraction of sp³-hybridized carbons (Fsp3) is 0. The average Bonchev–Trinajstić information content (AvgIpc) is 2.76. The molecule has 0 unspecified atom stereocenters. The summed E-state index contributed by atoms with van der Waals surface area (Å²) in [7, 11) is 0. The van der Waals surface area contributed by atoms with Gasteiger partial charge in [-0.1, -0.05) is 34.1 Å². The van der Waals surface area contributed by atoms with Gasteiger partial charge in [-0.15, -0.1) is 0 Å². The van der Waals surface area contributed by atoms with Crippen molar-refractivity contribution in [3.63, 3.8) is 0 Å². The minimum absolute atomic E-state index is 0.272. The van der Waals surface area contributed by atoms with E-state index in [1.54, 1.807) is 24.3 Å². The van der Waals surface area contributed by atoms with Gasteiger partial charge in [0.25, 0.3) is 11.8 Å². The molecule has 1 aliphatic heterocycles. The summed E-state index contributed by atoms with van der Waals surface area (Å²) in [5.74, 6) is -0.702. The molecule has 2 aromatic rings. The number of anilines is 2. The van der Waals surface area contributed by atoms with Crippen LogP contribution in [-0.4, -0.2) is 11.8 Å². The molecule has 0 saturated carbocycles. The number of halogens is 1. The quantitative estimate of drug-likeness (QED) is 0.870. The van der Waals surface area contributed by atoms with Crippen LogP contribution >= 0.6 is 15.9 Å². The number of amides is 2. The summed E-state index contributed by atoms with van der Waals surface area (Å²) in [5.41, 5.74) is 1.59. The summed E-state index contributed by atoms with van der Waals surface area (Å²) in [6.07, 6.45) is 1.32. The molecule has 0 bridgehead atoms. The van der Waals surface area contributed by atoms with Gasteiger partial charge in [0, 0.05) is 16.2 Å². The van der Waals surface area contributed by atoms with Crippen molar-refractivity contribution in [2.75, 3.05) is 10.2 Å². The van der Waals surface area contributed by atoms with Crippen molar-refractivity contribution in [2.45, 2.75) is 0 Å². The van der Waals surface area contributed by atoms with Crippen LogP contribution in [0.1, 0.15) is 0 Å². The van der Waals surface area contributed by atoms with E-state index in [0.29, 0.717) is 5.69 Å². The van der Waals surface area contributed by atoms with Crippen LogP contribution in [0.25, 0.3) is 0 Å². The number of para-hydroxylation sites is 1. The van der Waals surface area contributed by atoms with Gasteiger partial charge in [-0.3, -0.25) is 9.59 Å². The normalized spacial score (nSPS) is 14.3. The molecule has 1 aliphatic rings. The molecule has 0 aromatic heterocycles. The number of nitrogens with zero attached hydrogens (tertiary/aromatic N) is 1. The Bertz CT molecular complexity index is 724. The predicted molar refractivity (Wildman–Crippen MR) is 84.8 cm³/mol. The molecule has 5 heteroatoms. The van der Waals surface area contributed by atoms with Crippen LogP contribution in [0.2, 0.25) is 0 Å². The van der Waals surface area contributed by atoms with Crippen molar-refractivity contribution in [2.24, 2.45) is 0 Å². The van der Waals surface area contributed by atoms with E-state index in [1.165, 1.54) is 6.08 Å². The molecule has 0 atom stereocenters. The Labute approximate surface area is 130 Å². The smallest absolute Gasteiger partial charge is 0.281 e. The van der Waals surface area contributed by atoms with Gasteiger partial charge in [0.1, 0.15) is 5.70 Å². The van der Waals surface area contributed by atoms with Crippen molar-refractivity contribution in [3.8, 4) is 0 Å². The summed E-state index contributed by atoms with van der Waals surface area (Å²) in [5, 5.41) is 2.97. The fourth-order valence-electron chi connectivity index (χ4n) is 2.07. The van der Waals surface area contributed by atoms with Crippen molar-refractivity contribution < 1.29 is 9.59 Å². The first-order valence-electron chi connectivity index (χ1n) is 6.33. The lowest BCUT2D eigenvalue weighted by molar-refractivity contribution is -0.120. The second-order valence-electron chi connectivity index (χ2n) is 4.50. The monoisotopic (exact) mass is 342 g/mol. The topological polar surface area (TPSA) is 49.4 Å². The van der Waals surface area contributed by atoms with E-state index in [2.05, 4.69) is 21.2 Å². The minimum atomic E-state index is -0.355. The zero-order valence-corrected chi connectivity index (χ0v) is 12.5. The zero-order chi connectivity index (χ0) is 14.8. The maximum atomic E-state index is 12.4. The molecule has 0 spiro atoms. The van der Waals surface area contributed by atoms with E-state index in [1.807, 2.05) is 30.3 Å². The molecular weight excluding hydrogens is 332 g/mol. The molecule has 21 heavy (non-hydrogen) atoms. The van der Waals surface area contributed by atoms with E-state index in [0.717, 1.165) is 15.1 Å². The molecule has 4 nitrogen and oxygen atoms in total. The lowest BCUT2D eigenvalue weighted by Gasteiger charge is -2.15. The van der Waals surface area contributed by atoms with E-state index >= 15 is 0 Å². The first-order chi connectivity index (χ1) is 10.1. The molecular formula is C16H11BrN2O2. The SMILES string of the molecule is O=C1C=C(Nc2ccccc2)C(=O)N1c1ccc(Br)cc1. The van der Waals surface area contributed by atoms with Crippen molar-refractivity contribution >= 4 is 39.1 Å². The lowest BCUT2D eigenvalue weighted by atomic mass is 10.3.